The van der Waals surface area contributed by atoms with Gasteiger partial charge in [-0.1, -0.05) is 41.9 Å². The summed E-state index contributed by atoms with van der Waals surface area (Å²) in [4.78, 5) is 12.1. The lowest BCUT2D eigenvalue weighted by Crippen LogP contribution is -2.37. The Morgan fingerprint density at radius 3 is 2.62 bits per heavy atom. The molecule has 5 heteroatoms. The van der Waals surface area contributed by atoms with E-state index in [4.69, 9.17) is 22.6 Å². The van der Waals surface area contributed by atoms with E-state index < -0.39 is 6.04 Å². The van der Waals surface area contributed by atoms with Crippen LogP contribution in [0.15, 0.2) is 48.5 Å². The van der Waals surface area contributed by atoms with Crippen molar-refractivity contribution in [3.05, 3.63) is 64.7 Å². The van der Waals surface area contributed by atoms with E-state index in [0.717, 1.165) is 5.56 Å². The molecule has 21 heavy (non-hydrogen) atoms. The predicted octanol–water partition coefficient (Wildman–Crippen LogP) is 2.72. The minimum Gasteiger partial charge on any atom is -0.323 e. The number of nitriles is 1. The first-order chi connectivity index (χ1) is 10.1. The van der Waals surface area contributed by atoms with Gasteiger partial charge in [0.2, 0.25) is 5.91 Å². The lowest BCUT2D eigenvalue weighted by molar-refractivity contribution is -0.117. The number of halogens is 1. The summed E-state index contributed by atoms with van der Waals surface area (Å²) in [6.07, 6.45) is 0.445. The smallest absolute Gasteiger partial charge is 0.241 e. The Kier molecular flexibility index (Phi) is 4.94. The topological polar surface area (TPSA) is 78.9 Å². The fourth-order valence-electron chi connectivity index (χ4n) is 1.87. The molecule has 1 amide bonds. The van der Waals surface area contributed by atoms with Crippen LogP contribution < -0.4 is 11.1 Å². The van der Waals surface area contributed by atoms with Crippen molar-refractivity contribution < 1.29 is 4.79 Å². The third-order valence-corrected chi connectivity index (χ3v) is 3.30. The zero-order valence-corrected chi connectivity index (χ0v) is 12.0. The summed E-state index contributed by atoms with van der Waals surface area (Å²) >= 11 is 6.01. The highest BCUT2D eigenvalue weighted by Gasteiger charge is 2.15. The van der Waals surface area contributed by atoms with E-state index in [1.807, 2.05) is 36.4 Å². The van der Waals surface area contributed by atoms with Crippen LogP contribution in [0, 0.1) is 11.3 Å². The number of nitrogens with two attached hydrogens (primary N) is 1. The summed E-state index contributed by atoms with van der Waals surface area (Å²) < 4.78 is 0. The minimum atomic E-state index is -0.667. The van der Waals surface area contributed by atoms with Crippen LogP contribution in [0.3, 0.4) is 0 Å². The Bertz CT molecular complexity index is 680. The van der Waals surface area contributed by atoms with Gasteiger partial charge in [0, 0.05) is 0 Å². The van der Waals surface area contributed by atoms with Crippen LogP contribution in [0.2, 0.25) is 5.02 Å². The first-order valence-electron chi connectivity index (χ1n) is 6.40. The molecule has 0 saturated carbocycles. The van der Waals surface area contributed by atoms with Crippen LogP contribution >= 0.6 is 11.6 Å². The molecule has 0 unspecified atom stereocenters. The average molecular weight is 300 g/mol. The van der Waals surface area contributed by atoms with Crippen LogP contribution in [0.4, 0.5) is 5.69 Å². The Balaban J connectivity index is 2.03. The number of anilines is 1. The maximum Gasteiger partial charge on any atom is 0.241 e. The number of carbonyl (C=O) groups is 1. The van der Waals surface area contributed by atoms with Gasteiger partial charge in [-0.2, -0.15) is 5.26 Å². The van der Waals surface area contributed by atoms with Gasteiger partial charge >= 0.3 is 0 Å². The van der Waals surface area contributed by atoms with Gasteiger partial charge in [-0.3, -0.25) is 4.79 Å². The van der Waals surface area contributed by atoms with Gasteiger partial charge in [-0.05, 0) is 30.2 Å². The van der Waals surface area contributed by atoms with Crippen LogP contribution in [-0.4, -0.2) is 11.9 Å². The molecule has 1 atom stereocenters. The molecule has 3 N–H and O–H groups in total. The monoisotopic (exact) mass is 299 g/mol. The van der Waals surface area contributed by atoms with Crippen molar-refractivity contribution in [2.75, 3.05) is 5.32 Å². The average Bonchev–Trinajstić information content (AvgIpc) is 2.50. The fourth-order valence-corrected chi connectivity index (χ4v) is 2.10. The molecular weight excluding hydrogens is 286 g/mol. The van der Waals surface area contributed by atoms with Gasteiger partial charge in [0.15, 0.2) is 0 Å². The second-order valence-corrected chi connectivity index (χ2v) is 5.00. The molecule has 0 heterocycles. The van der Waals surface area contributed by atoms with Gasteiger partial charge < -0.3 is 11.1 Å². The summed E-state index contributed by atoms with van der Waals surface area (Å²) in [5.74, 6) is -0.314. The van der Waals surface area contributed by atoms with Gasteiger partial charge in [-0.25, -0.2) is 0 Å². The third-order valence-electron chi connectivity index (χ3n) is 2.99. The zero-order valence-electron chi connectivity index (χ0n) is 11.2. The van der Waals surface area contributed by atoms with Crippen molar-refractivity contribution in [3.63, 3.8) is 0 Å². The standard InChI is InChI=1S/C16H14ClN3O/c17-13-8-12(10-18)6-7-15(13)20-16(21)14(19)9-11-4-2-1-3-5-11/h1-8,14H,9,19H2,(H,20,21)/t14-/m1/s1. The van der Waals surface area contributed by atoms with Crippen molar-refractivity contribution in [1.82, 2.24) is 0 Å². The predicted molar refractivity (Wildman–Crippen MR) is 82.9 cm³/mol. The van der Waals surface area contributed by atoms with E-state index in [0.29, 0.717) is 22.7 Å². The number of carbonyl (C=O) groups excluding carboxylic acids is 1. The molecule has 0 aliphatic heterocycles. The Labute approximate surface area is 128 Å². The van der Waals surface area contributed by atoms with Crippen molar-refractivity contribution in [1.29, 1.82) is 5.26 Å². The largest absolute Gasteiger partial charge is 0.323 e. The highest BCUT2D eigenvalue weighted by atomic mass is 35.5. The lowest BCUT2D eigenvalue weighted by atomic mass is 10.1. The highest BCUT2D eigenvalue weighted by molar-refractivity contribution is 6.33. The molecule has 2 aromatic rings. The molecule has 0 saturated heterocycles. The van der Waals surface area contributed by atoms with Gasteiger partial charge in [-0.15, -0.1) is 0 Å². The Hall–Kier alpha value is -2.35. The molecule has 4 nitrogen and oxygen atoms in total. The van der Waals surface area contributed by atoms with E-state index in [1.54, 1.807) is 12.1 Å². The maximum absolute atomic E-state index is 12.1. The van der Waals surface area contributed by atoms with Crippen LogP contribution in [0.25, 0.3) is 0 Å². The summed E-state index contributed by atoms with van der Waals surface area (Å²) in [5, 5.41) is 11.8. The number of nitrogens with zero attached hydrogens (tertiary/aromatic N) is 1. The lowest BCUT2D eigenvalue weighted by Gasteiger charge is -2.13. The van der Waals surface area contributed by atoms with Crippen molar-refractivity contribution in [3.8, 4) is 6.07 Å². The quantitative estimate of drug-likeness (QED) is 0.911. The van der Waals surface area contributed by atoms with Crippen LogP contribution in [0.1, 0.15) is 11.1 Å². The number of amides is 1. The van der Waals surface area contributed by atoms with Gasteiger partial charge in [0.25, 0.3) is 0 Å². The minimum absolute atomic E-state index is 0.314. The summed E-state index contributed by atoms with van der Waals surface area (Å²) in [6, 6.07) is 15.5. The van der Waals surface area contributed by atoms with E-state index in [2.05, 4.69) is 5.32 Å². The summed E-state index contributed by atoms with van der Waals surface area (Å²) in [5.41, 5.74) is 7.77. The fraction of sp³-hybridized carbons (Fsp3) is 0.125. The van der Waals surface area contributed by atoms with Gasteiger partial charge in [0.05, 0.1) is 28.4 Å². The second-order valence-electron chi connectivity index (χ2n) is 4.59. The molecule has 0 fully saturated rings. The number of nitrogens with one attached hydrogen (secondary N) is 1. The highest BCUT2D eigenvalue weighted by Crippen LogP contribution is 2.22. The number of benzene rings is 2. The van der Waals surface area contributed by atoms with E-state index in [1.165, 1.54) is 6.07 Å². The van der Waals surface area contributed by atoms with E-state index in [-0.39, 0.29) is 5.91 Å². The summed E-state index contributed by atoms with van der Waals surface area (Å²) in [7, 11) is 0. The number of rotatable bonds is 4. The SMILES string of the molecule is N#Cc1ccc(NC(=O)[C@H](N)Cc2ccccc2)c(Cl)c1. The first-order valence-corrected chi connectivity index (χ1v) is 6.78. The molecule has 0 spiro atoms. The number of hydrogen-bond donors (Lipinski definition) is 2. The molecule has 2 rings (SSSR count). The second kappa shape index (κ2) is 6.89. The molecule has 0 aromatic heterocycles. The molecule has 106 valence electrons. The normalized spacial score (nSPS) is 11.5. The molecule has 2 aromatic carbocycles. The first kappa shape index (κ1) is 15.0. The third kappa shape index (κ3) is 4.06. The Morgan fingerprint density at radius 2 is 2.00 bits per heavy atom. The molecule has 0 radical (unpaired) electrons. The van der Waals surface area contributed by atoms with Gasteiger partial charge in [0.1, 0.15) is 0 Å². The maximum atomic E-state index is 12.1. The Morgan fingerprint density at radius 1 is 1.29 bits per heavy atom. The molecule has 0 aliphatic rings. The van der Waals surface area contributed by atoms with Crippen LogP contribution in [0.5, 0.6) is 0 Å². The van der Waals surface area contributed by atoms with Crippen molar-refractivity contribution in [2.45, 2.75) is 12.5 Å². The van der Waals surface area contributed by atoms with Crippen LogP contribution in [-0.2, 0) is 11.2 Å². The molecule has 0 aliphatic carbocycles. The molecule has 0 bridgehead atoms. The van der Waals surface area contributed by atoms with E-state index >= 15 is 0 Å². The van der Waals surface area contributed by atoms with Crippen molar-refractivity contribution in [2.24, 2.45) is 5.73 Å². The molecular formula is C16H14ClN3O. The zero-order chi connectivity index (χ0) is 15.2. The number of hydrogen-bond acceptors (Lipinski definition) is 3. The van der Waals surface area contributed by atoms with E-state index in [9.17, 15) is 4.79 Å². The summed E-state index contributed by atoms with van der Waals surface area (Å²) in [6.45, 7) is 0. The van der Waals surface area contributed by atoms with Crippen molar-refractivity contribution >= 4 is 23.2 Å².